The van der Waals surface area contributed by atoms with E-state index in [1.807, 2.05) is 6.92 Å². The quantitative estimate of drug-likeness (QED) is 0.669. The number of aromatic hydroxyl groups is 1. The number of fused-ring (bicyclic) bond motifs is 2. The molecule has 0 bridgehead atoms. The SMILES string of the molecule is Cc1cc2c(c(O)c1C)C(=O)c1ccccc1C2=O. The van der Waals surface area contributed by atoms with Gasteiger partial charge in [0, 0.05) is 16.7 Å². The molecule has 3 nitrogen and oxygen atoms in total. The van der Waals surface area contributed by atoms with Crippen LogP contribution in [0, 0.1) is 13.8 Å². The highest BCUT2D eigenvalue weighted by molar-refractivity contribution is 6.29. The van der Waals surface area contributed by atoms with Crippen LogP contribution in [0.15, 0.2) is 30.3 Å². The van der Waals surface area contributed by atoms with Crippen molar-refractivity contribution in [3.05, 3.63) is 63.7 Å². The number of hydrogen-bond donors (Lipinski definition) is 1. The zero-order valence-electron chi connectivity index (χ0n) is 10.7. The predicted octanol–water partition coefficient (Wildman–Crippen LogP) is 2.78. The molecule has 19 heavy (non-hydrogen) atoms. The van der Waals surface area contributed by atoms with Crippen LogP contribution in [-0.4, -0.2) is 16.7 Å². The molecule has 0 heterocycles. The smallest absolute Gasteiger partial charge is 0.198 e. The fourth-order valence-electron chi connectivity index (χ4n) is 2.47. The predicted molar refractivity (Wildman–Crippen MR) is 70.9 cm³/mol. The topological polar surface area (TPSA) is 54.4 Å². The van der Waals surface area contributed by atoms with Crippen molar-refractivity contribution in [1.82, 2.24) is 0 Å². The summed E-state index contributed by atoms with van der Waals surface area (Å²) in [6.45, 7) is 3.55. The summed E-state index contributed by atoms with van der Waals surface area (Å²) in [6, 6.07) is 8.39. The molecule has 2 aromatic carbocycles. The molecule has 1 aliphatic carbocycles. The van der Waals surface area contributed by atoms with Gasteiger partial charge in [-0.2, -0.15) is 0 Å². The zero-order chi connectivity index (χ0) is 13.7. The first kappa shape index (κ1) is 11.7. The molecule has 0 spiro atoms. The van der Waals surface area contributed by atoms with Crippen LogP contribution < -0.4 is 0 Å². The van der Waals surface area contributed by atoms with Gasteiger partial charge in [-0.25, -0.2) is 0 Å². The summed E-state index contributed by atoms with van der Waals surface area (Å²) in [6.07, 6.45) is 0. The molecule has 0 radical (unpaired) electrons. The Morgan fingerprint density at radius 1 is 0.895 bits per heavy atom. The van der Waals surface area contributed by atoms with Crippen LogP contribution in [0.5, 0.6) is 5.75 Å². The third-order valence-corrected chi connectivity index (χ3v) is 3.70. The Kier molecular flexibility index (Phi) is 2.32. The van der Waals surface area contributed by atoms with E-state index in [0.717, 1.165) is 5.56 Å². The Morgan fingerprint density at radius 3 is 2.11 bits per heavy atom. The fourth-order valence-corrected chi connectivity index (χ4v) is 2.47. The van der Waals surface area contributed by atoms with E-state index >= 15 is 0 Å². The number of hydrogen-bond acceptors (Lipinski definition) is 3. The van der Waals surface area contributed by atoms with E-state index in [4.69, 9.17) is 0 Å². The minimum atomic E-state index is -0.286. The van der Waals surface area contributed by atoms with Gasteiger partial charge in [-0.15, -0.1) is 0 Å². The number of phenols is 1. The molecule has 0 amide bonds. The number of ketones is 2. The molecule has 1 N–H and O–H groups in total. The highest BCUT2D eigenvalue weighted by Gasteiger charge is 2.32. The molecule has 0 unspecified atom stereocenters. The van der Waals surface area contributed by atoms with Crippen molar-refractivity contribution in [1.29, 1.82) is 0 Å². The molecule has 1 aliphatic rings. The maximum absolute atomic E-state index is 12.4. The van der Waals surface area contributed by atoms with Crippen LogP contribution >= 0.6 is 0 Å². The van der Waals surface area contributed by atoms with Crippen molar-refractivity contribution in [2.24, 2.45) is 0 Å². The van der Waals surface area contributed by atoms with Gasteiger partial charge < -0.3 is 5.11 Å². The first-order valence-electron chi connectivity index (χ1n) is 6.04. The van der Waals surface area contributed by atoms with Crippen molar-refractivity contribution in [2.45, 2.75) is 13.8 Å². The molecule has 0 fully saturated rings. The summed E-state index contributed by atoms with van der Waals surface area (Å²) < 4.78 is 0. The van der Waals surface area contributed by atoms with Crippen LogP contribution in [0.1, 0.15) is 43.0 Å². The molecule has 2 aromatic rings. The van der Waals surface area contributed by atoms with Crippen LogP contribution in [-0.2, 0) is 0 Å². The summed E-state index contributed by atoms with van der Waals surface area (Å²) in [7, 11) is 0. The molecule has 0 atom stereocenters. The van der Waals surface area contributed by atoms with E-state index in [9.17, 15) is 14.7 Å². The van der Waals surface area contributed by atoms with E-state index in [1.54, 1.807) is 37.3 Å². The van der Waals surface area contributed by atoms with Gasteiger partial charge in [0.25, 0.3) is 0 Å². The van der Waals surface area contributed by atoms with E-state index < -0.39 is 0 Å². The molecule has 0 aromatic heterocycles. The lowest BCUT2D eigenvalue weighted by Gasteiger charge is -2.20. The van der Waals surface area contributed by atoms with Gasteiger partial charge in [0.05, 0.1) is 5.56 Å². The second-order valence-corrected chi connectivity index (χ2v) is 4.79. The highest BCUT2D eigenvalue weighted by atomic mass is 16.3. The standard InChI is InChI=1S/C16H12O3/c1-8-7-12-13(14(17)9(8)2)16(19)11-6-4-3-5-10(11)15(12)18/h3-7,17H,1-2H3. The minimum Gasteiger partial charge on any atom is -0.507 e. The van der Waals surface area contributed by atoms with Gasteiger partial charge in [0.15, 0.2) is 11.6 Å². The van der Waals surface area contributed by atoms with Gasteiger partial charge in [0.1, 0.15) is 5.75 Å². The number of carbonyl (C=O) groups excluding carboxylic acids is 2. The normalized spacial score (nSPS) is 13.2. The van der Waals surface area contributed by atoms with Gasteiger partial charge in [-0.1, -0.05) is 24.3 Å². The average Bonchev–Trinajstić information content (AvgIpc) is 2.42. The summed E-state index contributed by atoms with van der Waals surface area (Å²) in [5.41, 5.74) is 2.63. The van der Waals surface area contributed by atoms with Crippen LogP contribution in [0.25, 0.3) is 0 Å². The second kappa shape index (κ2) is 3.79. The second-order valence-electron chi connectivity index (χ2n) is 4.79. The number of phenolic OH excluding ortho intramolecular Hbond substituents is 1. The third kappa shape index (κ3) is 1.45. The Balaban J connectivity index is 2.40. The minimum absolute atomic E-state index is 0.0807. The molecular weight excluding hydrogens is 240 g/mol. The maximum atomic E-state index is 12.4. The van der Waals surface area contributed by atoms with Gasteiger partial charge in [0.2, 0.25) is 0 Å². The molecule has 3 heteroatoms. The molecule has 0 saturated carbocycles. The molecule has 3 rings (SSSR count). The van der Waals surface area contributed by atoms with Crippen molar-refractivity contribution in [3.8, 4) is 5.75 Å². The summed E-state index contributed by atoms with van der Waals surface area (Å²) in [5.74, 6) is -0.572. The third-order valence-electron chi connectivity index (χ3n) is 3.70. The first-order valence-corrected chi connectivity index (χ1v) is 6.04. The number of benzene rings is 2. The lowest BCUT2D eigenvalue weighted by molar-refractivity contribution is 0.0976. The molecule has 0 saturated heterocycles. The Hall–Kier alpha value is -2.42. The average molecular weight is 252 g/mol. The lowest BCUT2D eigenvalue weighted by atomic mass is 9.82. The van der Waals surface area contributed by atoms with Crippen molar-refractivity contribution < 1.29 is 14.7 Å². The lowest BCUT2D eigenvalue weighted by Crippen LogP contribution is -2.21. The van der Waals surface area contributed by atoms with Crippen LogP contribution in [0.4, 0.5) is 0 Å². The maximum Gasteiger partial charge on any atom is 0.198 e. The van der Waals surface area contributed by atoms with Crippen molar-refractivity contribution in [3.63, 3.8) is 0 Å². The van der Waals surface area contributed by atoms with Gasteiger partial charge >= 0.3 is 0 Å². The number of rotatable bonds is 0. The summed E-state index contributed by atoms with van der Waals surface area (Å²) in [4.78, 5) is 24.8. The van der Waals surface area contributed by atoms with E-state index in [-0.39, 0.29) is 22.9 Å². The van der Waals surface area contributed by atoms with Gasteiger partial charge in [-0.05, 0) is 31.0 Å². The summed E-state index contributed by atoms with van der Waals surface area (Å²) >= 11 is 0. The summed E-state index contributed by atoms with van der Waals surface area (Å²) in [5, 5.41) is 10.2. The van der Waals surface area contributed by atoms with E-state index in [1.165, 1.54) is 0 Å². The van der Waals surface area contributed by atoms with Crippen LogP contribution in [0.3, 0.4) is 0 Å². The highest BCUT2D eigenvalue weighted by Crippen LogP contribution is 2.36. The Morgan fingerprint density at radius 2 is 1.47 bits per heavy atom. The molecular formula is C16H12O3. The largest absolute Gasteiger partial charge is 0.507 e. The monoisotopic (exact) mass is 252 g/mol. The Labute approximate surface area is 110 Å². The van der Waals surface area contributed by atoms with Crippen molar-refractivity contribution in [2.75, 3.05) is 0 Å². The van der Waals surface area contributed by atoms with Crippen LogP contribution in [0.2, 0.25) is 0 Å². The number of aryl methyl sites for hydroxylation is 1. The van der Waals surface area contributed by atoms with Gasteiger partial charge in [-0.3, -0.25) is 9.59 Å². The van der Waals surface area contributed by atoms with Crippen molar-refractivity contribution >= 4 is 11.6 Å². The zero-order valence-corrected chi connectivity index (χ0v) is 10.7. The van der Waals surface area contributed by atoms with E-state index in [2.05, 4.69) is 0 Å². The molecule has 0 aliphatic heterocycles. The fraction of sp³-hybridized carbons (Fsp3) is 0.125. The number of carbonyl (C=O) groups is 2. The Bertz CT molecular complexity index is 742. The first-order chi connectivity index (χ1) is 9.02. The van der Waals surface area contributed by atoms with E-state index in [0.29, 0.717) is 22.3 Å². The molecule has 94 valence electrons.